The first-order valence-corrected chi connectivity index (χ1v) is 58.4. The van der Waals surface area contributed by atoms with Crippen LogP contribution in [0.3, 0.4) is 0 Å². The Morgan fingerprint density at radius 1 is 0.248 bits per heavy atom. The SMILES string of the molecule is CN(C)c1ccc(N2c3ccc(N(C)C)cc3B3c4cc(N(C)C)ccc4N(c4ccc(N(C)C)cc4)c4cc(C56CC7CC(CC(C7)C5)C6)cc2c43)cc1.COc1ccc(N2c3ccc(OC)cc3B3c4cc(OC)ccc4N(c4ccc(OC)cc4)c4cc(C5CCCCC5)cc2c43)cc1.CSc1ccc(N2c3ccc(SC)cc3B3c4cc(SC)ccc4N(c4ccc(SC)cc4)c4cc(C5CCCCC5)cc2c43)cc1. The first-order chi connectivity index (χ1) is 72.7. The quantitative estimate of drug-likeness (QED) is 0.0506. The standard InChI is InChI=1S/C48H55BN6.C40H39BN2O4.C40H39BN2S4/c1-50(2)35-9-13-37(14-10-35)54-43-19-17-39(52(5)6)26-41(43)49-42-27-40(53(7)8)18-20-44(42)55(38-15-11-36(12-16-38)51(3)4)46-25-34(24-45(54)47(46)49)48-28-31-21-32(29-48)23-33(22-31)30-48;2*1-44-30-14-10-28(11-15-30)42-36-20-18-32(46-3)24-34(36)41-35-25-33(47-4)19-21-37(35)43(29-12-16-31(45-2)17-13-29)39-23-27(22-38(42)40(39)41)26-8-6-5-7-9-26/h9-20,24-27,31-33H,21-23,28-30H2,1-8H3;2*10-26H,5-9H2,1-4H3. The summed E-state index contributed by atoms with van der Waals surface area (Å²) in [5.41, 5.74) is 43.8. The van der Waals surface area contributed by atoms with Crippen LogP contribution in [0.1, 0.15) is 131 Å². The van der Waals surface area contributed by atoms with Crippen molar-refractivity contribution in [3.8, 4) is 23.0 Å². The Kier molecular flexibility index (Phi) is 26.6. The zero-order valence-corrected chi connectivity index (χ0v) is 92.1. The van der Waals surface area contributed by atoms with E-state index in [-0.39, 0.29) is 25.6 Å². The second kappa shape index (κ2) is 40.4. The molecule has 149 heavy (non-hydrogen) atoms. The van der Waals surface area contributed by atoms with Crippen LogP contribution < -0.4 is 117 Å². The topological polar surface area (TPSA) is 69.3 Å². The van der Waals surface area contributed by atoms with Gasteiger partial charge in [0.15, 0.2) is 0 Å². The van der Waals surface area contributed by atoms with Crippen LogP contribution in [0.5, 0.6) is 23.0 Å². The number of benzene rings is 15. The zero-order chi connectivity index (χ0) is 102. The molecule has 6 aliphatic carbocycles. The number of rotatable bonds is 21. The molecule has 14 nitrogen and oxygen atoms in total. The Morgan fingerprint density at radius 3 is 0.779 bits per heavy atom. The largest absolute Gasteiger partial charge is 0.497 e. The summed E-state index contributed by atoms with van der Waals surface area (Å²) in [5.74, 6) is 7.06. The van der Waals surface area contributed by atoms with Crippen molar-refractivity contribution in [2.75, 3.05) is 159 Å². The lowest BCUT2D eigenvalue weighted by atomic mass is 9.33. The number of methoxy groups -OCH3 is 4. The van der Waals surface area contributed by atoms with Gasteiger partial charge in [-0.25, -0.2) is 0 Å². The van der Waals surface area contributed by atoms with Gasteiger partial charge in [0.1, 0.15) is 23.0 Å². The maximum absolute atomic E-state index is 5.84. The predicted molar refractivity (Wildman–Crippen MR) is 644 cm³/mol. The van der Waals surface area contributed by atoms with Gasteiger partial charge in [0.05, 0.1) is 28.4 Å². The molecule has 21 heteroatoms. The third kappa shape index (κ3) is 17.5. The van der Waals surface area contributed by atoms with Crippen LogP contribution in [-0.2, 0) is 5.41 Å². The minimum Gasteiger partial charge on any atom is -0.497 e. The molecular weight excluding hydrogens is 1900 g/mol. The van der Waals surface area contributed by atoms with E-state index in [9.17, 15) is 0 Å². The van der Waals surface area contributed by atoms with E-state index in [0.29, 0.717) is 11.8 Å². The lowest BCUT2D eigenvalue weighted by Crippen LogP contribution is -2.61. The molecule has 752 valence electrons. The summed E-state index contributed by atoms with van der Waals surface area (Å²) in [6.45, 7) is 0.197. The van der Waals surface area contributed by atoms with Gasteiger partial charge < -0.3 is 67.9 Å². The van der Waals surface area contributed by atoms with Gasteiger partial charge in [-0.05, 0) is 469 Å². The van der Waals surface area contributed by atoms with Crippen molar-refractivity contribution in [2.24, 2.45) is 17.8 Å². The smallest absolute Gasteiger partial charge is 0.252 e. The lowest BCUT2D eigenvalue weighted by molar-refractivity contribution is -0.00514. The molecule has 0 aromatic heterocycles. The van der Waals surface area contributed by atoms with Gasteiger partial charge in [-0.2, -0.15) is 0 Å². The van der Waals surface area contributed by atoms with Crippen LogP contribution in [0.2, 0.25) is 0 Å². The average Bonchev–Trinajstić information content (AvgIpc) is 0.695. The molecule has 0 spiro atoms. The molecule has 0 N–H and O–H groups in total. The van der Waals surface area contributed by atoms with Gasteiger partial charge in [0.2, 0.25) is 0 Å². The normalized spacial score (nSPS) is 17.9. The zero-order valence-electron chi connectivity index (χ0n) is 88.9. The molecule has 12 aliphatic rings. The van der Waals surface area contributed by atoms with Gasteiger partial charge in [0, 0.05) is 201 Å². The van der Waals surface area contributed by atoms with Gasteiger partial charge in [-0.1, -0.05) is 50.7 Å². The molecule has 0 amide bonds. The lowest BCUT2D eigenvalue weighted by Gasteiger charge is -2.57. The molecule has 6 fully saturated rings. The van der Waals surface area contributed by atoms with E-state index in [1.54, 1.807) is 57.5 Å². The number of hydrogen-bond donors (Lipinski definition) is 0. The summed E-state index contributed by atoms with van der Waals surface area (Å²) in [6.07, 6.45) is 29.9. The Morgan fingerprint density at radius 2 is 0.490 bits per heavy atom. The monoisotopic (exact) mass is 2030 g/mol. The second-order valence-corrected chi connectivity index (χ2v) is 47.2. The van der Waals surface area contributed by atoms with Crippen LogP contribution >= 0.6 is 47.0 Å². The fourth-order valence-corrected chi connectivity index (χ4v) is 29.2. The molecule has 0 radical (unpaired) electrons. The predicted octanol–water partition coefficient (Wildman–Crippen LogP) is 27.1. The molecule has 6 heterocycles. The number of ether oxygens (including phenoxy) is 4. The molecule has 6 saturated carbocycles. The summed E-state index contributed by atoms with van der Waals surface area (Å²) >= 11 is 7.27. The summed E-state index contributed by atoms with van der Waals surface area (Å²) in [4.78, 5) is 29.3. The van der Waals surface area contributed by atoms with Crippen LogP contribution in [0.25, 0.3) is 0 Å². The van der Waals surface area contributed by atoms with Crippen molar-refractivity contribution < 1.29 is 18.9 Å². The molecule has 6 aliphatic heterocycles. The van der Waals surface area contributed by atoms with Gasteiger partial charge in [-0.3, -0.25) is 0 Å². The molecule has 15 aromatic rings. The molecule has 27 rings (SSSR count). The second-order valence-electron chi connectivity index (χ2n) is 43.6. The van der Waals surface area contributed by atoms with Crippen LogP contribution in [0, 0.1) is 17.8 Å². The minimum atomic E-state index is -0.0281. The Balaban J connectivity index is 0.000000120. The molecule has 15 aromatic carbocycles. The van der Waals surface area contributed by atoms with E-state index in [0.717, 1.165) is 63.5 Å². The van der Waals surface area contributed by atoms with Crippen LogP contribution in [0.4, 0.5) is 125 Å². The molecule has 0 saturated heterocycles. The van der Waals surface area contributed by atoms with Crippen LogP contribution in [0.15, 0.2) is 311 Å². The highest BCUT2D eigenvalue weighted by atomic mass is 32.2. The van der Waals surface area contributed by atoms with Gasteiger partial charge in [0.25, 0.3) is 20.1 Å². The van der Waals surface area contributed by atoms with Crippen molar-refractivity contribution in [1.29, 1.82) is 0 Å². The first kappa shape index (κ1) is 98.1. The first-order valence-electron chi connectivity index (χ1n) is 53.5. The van der Waals surface area contributed by atoms with E-state index in [2.05, 4.69) is 397 Å². The van der Waals surface area contributed by atoms with E-state index in [4.69, 9.17) is 18.9 Å². The fourth-order valence-electron chi connectivity index (χ4n) is 27.5. The van der Waals surface area contributed by atoms with Gasteiger partial charge in [-0.15, -0.1) is 47.0 Å². The third-order valence-corrected chi connectivity index (χ3v) is 37.4. The Hall–Kier alpha value is -12.9. The van der Waals surface area contributed by atoms with E-state index >= 15 is 0 Å². The van der Waals surface area contributed by atoms with Gasteiger partial charge >= 0.3 is 0 Å². The van der Waals surface area contributed by atoms with Crippen molar-refractivity contribution in [3.63, 3.8) is 0 Å². The van der Waals surface area contributed by atoms with Crippen molar-refractivity contribution in [3.05, 3.63) is 308 Å². The maximum Gasteiger partial charge on any atom is 0.252 e. The van der Waals surface area contributed by atoms with E-state index < -0.39 is 0 Å². The number of nitrogens with zero attached hydrogens (tertiary/aromatic N) is 10. The number of fused-ring (bicyclic) bond motifs is 12. The third-order valence-electron chi connectivity index (χ3n) is 34.4. The number of anilines is 22. The van der Waals surface area contributed by atoms with Crippen LogP contribution in [-0.4, -0.2) is 130 Å². The Bertz CT molecular complexity index is 6880. The minimum absolute atomic E-state index is 0.0281. The summed E-state index contributed by atoms with van der Waals surface area (Å²) in [7, 11) is 24.1. The van der Waals surface area contributed by atoms with E-state index in [1.165, 1.54) is 285 Å². The summed E-state index contributed by atoms with van der Waals surface area (Å²) in [5, 5.41) is 0. The molecule has 0 unspecified atom stereocenters. The molecule has 4 bridgehead atoms. The van der Waals surface area contributed by atoms with Crippen molar-refractivity contribution >= 4 is 241 Å². The average molecular weight is 2040 g/mol. The highest BCUT2D eigenvalue weighted by Crippen LogP contribution is 2.63. The van der Waals surface area contributed by atoms with Crippen molar-refractivity contribution in [1.82, 2.24) is 0 Å². The molecular formula is C128H133B3N10O4S4. The molecule has 0 atom stereocenters. The summed E-state index contributed by atoms with van der Waals surface area (Å²) < 4.78 is 22.8. The highest BCUT2D eigenvalue weighted by molar-refractivity contribution is 7.99. The number of thioether (sulfide) groups is 4. The highest BCUT2D eigenvalue weighted by Gasteiger charge is 2.55. The summed E-state index contributed by atoms with van der Waals surface area (Å²) in [6, 6.07) is 111. The number of hydrogen-bond acceptors (Lipinski definition) is 18. The van der Waals surface area contributed by atoms with E-state index in [1.807, 2.05) is 47.8 Å². The van der Waals surface area contributed by atoms with Crippen molar-refractivity contribution in [2.45, 2.75) is 140 Å². The maximum atomic E-state index is 5.84. The fraction of sp³-hybridized carbons (Fsp3) is 0.297. The Labute approximate surface area is 900 Å².